The predicted octanol–water partition coefficient (Wildman–Crippen LogP) is 3.63. The molecule has 0 saturated heterocycles. The van der Waals surface area contributed by atoms with Gasteiger partial charge in [-0.25, -0.2) is 0 Å². The van der Waals surface area contributed by atoms with Crippen molar-refractivity contribution in [3.63, 3.8) is 0 Å². The van der Waals surface area contributed by atoms with Gasteiger partial charge in [0.1, 0.15) is 5.75 Å². The first kappa shape index (κ1) is 12.8. The Balaban J connectivity index is 2.92. The molecule has 1 aromatic rings. The summed E-state index contributed by atoms with van der Waals surface area (Å²) in [6.45, 7) is 3.44. The van der Waals surface area contributed by atoms with Crippen LogP contribution < -0.4 is 4.74 Å². The molecule has 1 aromatic carbocycles. The summed E-state index contributed by atoms with van der Waals surface area (Å²) < 4.78 is 6.33. The Morgan fingerprint density at radius 1 is 1.53 bits per heavy atom. The Bertz CT molecular complexity index is 364. The van der Waals surface area contributed by atoms with Crippen molar-refractivity contribution < 1.29 is 9.53 Å². The SMILES string of the molecule is CC(C)(C=O)Oc1ccc(Cl)c(CI)c1. The van der Waals surface area contributed by atoms with E-state index in [4.69, 9.17) is 16.3 Å². The molecule has 82 valence electrons. The Morgan fingerprint density at radius 2 is 2.20 bits per heavy atom. The van der Waals surface area contributed by atoms with Crippen LogP contribution in [0.15, 0.2) is 18.2 Å². The van der Waals surface area contributed by atoms with Gasteiger partial charge in [-0.2, -0.15) is 0 Å². The molecule has 0 saturated carbocycles. The number of ether oxygens (including phenoxy) is 1. The second-order valence-electron chi connectivity index (χ2n) is 3.71. The summed E-state index contributed by atoms with van der Waals surface area (Å²) in [5, 5.41) is 0.723. The van der Waals surface area contributed by atoms with Crippen LogP contribution in [0.1, 0.15) is 19.4 Å². The zero-order valence-corrected chi connectivity index (χ0v) is 11.5. The lowest BCUT2D eigenvalue weighted by atomic mass is 10.1. The van der Waals surface area contributed by atoms with Gasteiger partial charge in [0.05, 0.1) is 0 Å². The maximum atomic E-state index is 10.7. The van der Waals surface area contributed by atoms with Gasteiger partial charge in [-0.1, -0.05) is 34.2 Å². The van der Waals surface area contributed by atoms with Gasteiger partial charge in [0.25, 0.3) is 0 Å². The first-order valence-electron chi connectivity index (χ1n) is 4.48. The minimum atomic E-state index is -0.795. The lowest BCUT2D eigenvalue weighted by molar-refractivity contribution is -0.118. The van der Waals surface area contributed by atoms with Gasteiger partial charge in [-0.05, 0) is 37.6 Å². The van der Waals surface area contributed by atoms with Gasteiger partial charge < -0.3 is 4.74 Å². The molecular weight excluding hydrogens is 326 g/mol. The first-order valence-corrected chi connectivity index (χ1v) is 6.38. The molecule has 0 bridgehead atoms. The van der Waals surface area contributed by atoms with E-state index in [1.807, 2.05) is 6.07 Å². The molecule has 0 radical (unpaired) electrons. The molecule has 0 N–H and O–H groups in total. The van der Waals surface area contributed by atoms with Crippen LogP contribution in [0.3, 0.4) is 0 Å². The summed E-state index contributed by atoms with van der Waals surface area (Å²) in [5.41, 5.74) is 0.215. The predicted molar refractivity (Wildman–Crippen MR) is 69.9 cm³/mol. The average molecular weight is 339 g/mol. The molecule has 0 amide bonds. The molecule has 0 aliphatic carbocycles. The normalized spacial score (nSPS) is 11.2. The van der Waals surface area contributed by atoms with Crippen molar-refractivity contribution in [2.24, 2.45) is 0 Å². The van der Waals surface area contributed by atoms with Crippen molar-refractivity contribution in [1.29, 1.82) is 0 Å². The summed E-state index contributed by atoms with van der Waals surface area (Å²) in [4.78, 5) is 10.7. The van der Waals surface area contributed by atoms with Gasteiger partial charge in [-0.3, -0.25) is 4.79 Å². The molecule has 4 heteroatoms. The topological polar surface area (TPSA) is 26.3 Å². The van der Waals surface area contributed by atoms with Crippen LogP contribution in [0.4, 0.5) is 0 Å². The lowest BCUT2D eigenvalue weighted by Crippen LogP contribution is -2.29. The second-order valence-corrected chi connectivity index (χ2v) is 4.88. The number of aldehydes is 1. The van der Waals surface area contributed by atoms with Crippen LogP contribution in [0.5, 0.6) is 5.75 Å². The highest BCUT2D eigenvalue weighted by atomic mass is 127. The fraction of sp³-hybridized carbons (Fsp3) is 0.364. The Labute approximate surface area is 108 Å². The van der Waals surface area contributed by atoms with E-state index in [0.29, 0.717) is 5.75 Å². The van der Waals surface area contributed by atoms with Crippen LogP contribution in [0.25, 0.3) is 0 Å². The van der Waals surface area contributed by atoms with Crippen molar-refractivity contribution >= 4 is 40.5 Å². The molecule has 0 aliphatic heterocycles. The number of carbonyl (C=O) groups is 1. The molecule has 0 atom stereocenters. The highest BCUT2D eigenvalue weighted by Gasteiger charge is 2.18. The summed E-state index contributed by atoms with van der Waals surface area (Å²) >= 11 is 8.20. The third-order valence-corrected chi connectivity index (χ3v) is 3.02. The molecule has 15 heavy (non-hydrogen) atoms. The third kappa shape index (κ3) is 3.65. The fourth-order valence-electron chi connectivity index (χ4n) is 1.04. The molecule has 0 unspecified atom stereocenters. The fourth-order valence-corrected chi connectivity index (χ4v) is 2.09. The van der Waals surface area contributed by atoms with Crippen molar-refractivity contribution in [1.82, 2.24) is 0 Å². The number of benzene rings is 1. The first-order chi connectivity index (χ1) is 6.98. The van der Waals surface area contributed by atoms with Gasteiger partial charge in [0.15, 0.2) is 11.9 Å². The largest absolute Gasteiger partial charge is 0.480 e. The lowest BCUT2D eigenvalue weighted by Gasteiger charge is -2.20. The smallest absolute Gasteiger partial charge is 0.162 e. The number of alkyl halides is 1. The number of hydrogen-bond donors (Lipinski definition) is 0. The van der Waals surface area contributed by atoms with E-state index in [9.17, 15) is 4.79 Å². The maximum absolute atomic E-state index is 10.7. The third-order valence-electron chi connectivity index (χ3n) is 1.83. The van der Waals surface area contributed by atoms with E-state index in [1.54, 1.807) is 26.0 Å². The number of carbonyl (C=O) groups excluding carboxylic acids is 1. The quantitative estimate of drug-likeness (QED) is 0.476. The Hall–Kier alpha value is -0.290. The van der Waals surface area contributed by atoms with E-state index in [2.05, 4.69) is 22.6 Å². The molecule has 0 aliphatic rings. The molecule has 0 spiro atoms. The molecule has 1 rings (SSSR count). The average Bonchev–Trinajstić information content (AvgIpc) is 2.20. The van der Waals surface area contributed by atoms with Gasteiger partial charge in [0, 0.05) is 9.45 Å². The molecule has 0 fully saturated rings. The van der Waals surface area contributed by atoms with E-state index in [1.165, 1.54) is 0 Å². The van der Waals surface area contributed by atoms with E-state index in [0.717, 1.165) is 21.3 Å². The van der Waals surface area contributed by atoms with E-state index < -0.39 is 5.60 Å². The number of halogens is 2. The zero-order valence-electron chi connectivity index (χ0n) is 8.59. The Kier molecular flexibility index (Phi) is 4.40. The zero-order chi connectivity index (χ0) is 11.5. The highest BCUT2D eigenvalue weighted by Crippen LogP contribution is 2.26. The van der Waals surface area contributed by atoms with Crippen molar-refractivity contribution in [3.8, 4) is 5.75 Å². The standard InChI is InChI=1S/C11H12ClIO2/c1-11(2,7-14)15-9-3-4-10(12)8(5-9)6-13/h3-5,7H,6H2,1-2H3. The maximum Gasteiger partial charge on any atom is 0.162 e. The van der Waals surface area contributed by atoms with E-state index in [-0.39, 0.29) is 0 Å². The second kappa shape index (κ2) is 5.16. The summed E-state index contributed by atoms with van der Waals surface area (Å²) in [5.74, 6) is 0.670. The highest BCUT2D eigenvalue weighted by molar-refractivity contribution is 14.1. The van der Waals surface area contributed by atoms with Crippen molar-refractivity contribution in [2.45, 2.75) is 23.9 Å². The van der Waals surface area contributed by atoms with Crippen molar-refractivity contribution in [2.75, 3.05) is 0 Å². The van der Waals surface area contributed by atoms with Crippen LogP contribution in [0.2, 0.25) is 5.02 Å². The van der Waals surface area contributed by atoms with Crippen LogP contribution in [-0.2, 0) is 9.22 Å². The summed E-state index contributed by atoms with van der Waals surface area (Å²) in [6.07, 6.45) is 0.783. The van der Waals surface area contributed by atoms with Crippen molar-refractivity contribution in [3.05, 3.63) is 28.8 Å². The Morgan fingerprint density at radius 3 is 2.73 bits per heavy atom. The van der Waals surface area contributed by atoms with Gasteiger partial charge in [0.2, 0.25) is 0 Å². The van der Waals surface area contributed by atoms with Crippen LogP contribution in [0, 0.1) is 0 Å². The van der Waals surface area contributed by atoms with Crippen LogP contribution in [-0.4, -0.2) is 11.9 Å². The van der Waals surface area contributed by atoms with Crippen LogP contribution >= 0.6 is 34.2 Å². The summed E-state index contributed by atoms with van der Waals surface area (Å²) in [6, 6.07) is 5.41. The monoisotopic (exact) mass is 338 g/mol. The number of rotatable bonds is 4. The van der Waals surface area contributed by atoms with Gasteiger partial charge >= 0.3 is 0 Å². The number of hydrogen-bond acceptors (Lipinski definition) is 2. The molecule has 0 aromatic heterocycles. The molecular formula is C11H12ClIO2. The van der Waals surface area contributed by atoms with Gasteiger partial charge in [-0.15, -0.1) is 0 Å². The molecule has 0 heterocycles. The molecule has 2 nitrogen and oxygen atoms in total. The minimum absolute atomic E-state index is 0.670. The minimum Gasteiger partial charge on any atom is -0.480 e. The van der Waals surface area contributed by atoms with E-state index >= 15 is 0 Å². The summed E-state index contributed by atoms with van der Waals surface area (Å²) in [7, 11) is 0.